The number of pyridine rings is 1. The molecule has 6 aromatic rings. The number of fused-ring (bicyclic) bond motifs is 2. The summed E-state index contributed by atoms with van der Waals surface area (Å²) in [5, 5.41) is 12.2. The van der Waals surface area contributed by atoms with Gasteiger partial charge in [0.05, 0.1) is 34.6 Å². The van der Waals surface area contributed by atoms with Gasteiger partial charge in [-0.25, -0.2) is 9.97 Å². The number of methoxy groups -OCH3 is 1. The fourth-order valence-electron chi connectivity index (χ4n) is 5.51. The molecule has 218 valence electrons. The van der Waals surface area contributed by atoms with Crippen LogP contribution in [0.1, 0.15) is 28.6 Å². The Hall–Kier alpha value is -5.48. The third kappa shape index (κ3) is 4.65. The Morgan fingerprint density at radius 3 is 2.57 bits per heavy atom. The molecule has 3 aromatic heterocycles. The van der Waals surface area contributed by atoms with Crippen LogP contribution in [0.15, 0.2) is 103 Å². The molecule has 7 rings (SSSR count). The van der Waals surface area contributed by atoms with Gasteiger partial charge < -0.3 is 14.6 Å². The molecule has 0 spiro atoms. The van der Waals surface area contributed by atoms with Crippen LogP contribution in [0.5, 0.6) is 11.5 Å². The van der Waals surface area contributed by atoms with Crippen molar-refractivity contribution >= 4 is 49.8 Å². The number of anilines is 1. The second kappa shape index (κ2) is 11.0. The summed E-state index contributed by atoms with van der Waals surface area (Å²) in [6.07, 6.45) is 1.76. The molecule has 0 radical (unpaired) electrons. The monoisotopic (exact) mass is 602 g/mol. The van der Waals surface area contributed by atoms with Crippen molar-refractivity contribution < 1.29 is 24.2 Å². The summed E-state index contributed by atoms with van der Waals surface area (Å²) >= 11 is 1.27. The zero-order valence-electron chi connectivity index (χ0n) is 23.8. The lowest BCUT2D eigenvalue weighted by Gasteiger charge is -2.23. The van der Waals surface area contributed by atoms with Crippen LogP contribution in [0.4, 0.5) is 5.13 Å². The average molecular weight is 603 g/mol. The first kappa shape index (κ1) is 27.4. The normalized spacial score (nSPS) is 16.2. The molecule has 1 N–H and O–H groups in total. The van der Waals surface area contributed by atoms with Crippen molar-refractivity contribution in [3.63, 3.8) is 0 Å². The Kier molecular flexibility index (Phi) is 6.83. The number of ketones is 1. The summed E-state index contributed by atoms with van der Waals surface area (Å²) in [5.74, 6) is -0.713. The molecule has 3 aromatic carbocycles. The number of hydrogen-bond donors (Lipinski definition) is 1. The van der Waals surface area contributed by atoms with E-state index in [-0.39, 0.29) is 11.3 Å². The molecule has 1 fully saturated rings. The van der Waals surface area contributed by atoms with E-state index in [1.807, 2.05) is 66.7 Å². The number of carbonyl (C=O) groups is 2. The largest absolute Gasteiger partial charge is 0.505 e. The van der Waals surface area contributed by atoms with Crippen molar-refractivity contribution in [2.45, 2.75) is 19.6 Å². The number of amides is 1. The second-order valence-corrected chi connectivity index (χ2v) is 11.3. The molecule has 44 heavy (non-hydrogen) atoms. The van der Waals surface area contributed by atoms with Gasteiger partial charge in [-0.1, -0.05) is 59.9 Å². The minimum Gasteiger partial charge on any atom is -0.505 e. The predicted octanol–water partition coefficient (Wildman–Crippen LogP) is 6.47. The van der Waals surface area contributed by atoms with Gasteiger partial charge in [0.15, 0.2) is 10.9 Å². The van der Waals surface area contributed by atoms with Gasteiger partial charge in [0.1, 0.15) is 29.4 Å². The number of imidazole rings is 1. The first-order chi connectivity index (χ1) is 21.4. The number of aryl methyl sites for hydroxylation is 1. The zero-order valence-corrected chi connectivity index (χ0v) is 24.6. The van der Waals surface area contributed by atoms with Crippen molar-refractivity contribution in [1.29, 1.82) is 0 Å². The predicted molar refractivity (Wildman–Crippen MR) is 168 cm³/mol. The summed E-state index contributed by atoms with van der Waals surface area (Å²) in [6.45, 7) is 2.09. The number of rotatable bonds is 7. The third-order valence-corrected chi connectivity index (χ3v) is 8.60. The maximum atomic E-state index is 13.9. The first-order valence-electron chi connectivity index (χ1n) is 13.9. The van der Waals surface area contributed by atoms with E-state index in [2.05, 4.69) is 4.98 Å². The summed E-state index contributed by atoms with van der Waals surface area (Å²) in [6, 6.07) is 26.9. The molecule has 1 saturated heterocycles. The average Bonchev–Trinajstić information content (AvgIpc) is 3.70. The van der Waals surface area contributed by atoms with E-state index in [0.717, 1.165) is 10.3 Å². The van der Waals surface area contributed by atoms with E-state index in [0.29, 0.717) is 51.4 Å². The Balaban J connectivity index is 1.39. The van der Waals surface area contributed by atoms with Crippen LogP contribution in [-0.4, -0.2) is 38.3 Å². The number of aliphatic hydroxyl groups is 1. The lowest BCUT2D eigenvalue weighted by atomic mass is 9.96. The van der Waals surface area contributed by atoms with E-state index in [9.17, 15) is 14.7 Å². The minimum absolute atomic E-state index is 0.0548. The van der Waals surface area contributed by atoms with Crippen LogP contribution in [-0.2, 0) is 16.2 Å². The highest BCUT2D eigenvalue weighted by Gasteiger charge is 2.48. The van der Waals surface area contributed by atoms with Gasteiger partial charge in [0, 0.05) is 6.20 Å². The Morgan fingerprint density at radius 1 is 0.932 bits per heavy atom. The van der Waals surface area contributed by atoms with Crippen molar-refractivity contribution in [3.05, 3.63) is 125 Å². The highest BCUT2D eigenvalue weighted by Crippen LogP contribution is 2.45. The summed E-state index contributed by atoms with van der Waals surface area (Å²) in [4.78, 5) is 38.3. The quantitative estimate of drug-likeness (QED) is 0.127. The standard InChI is InChI=1S/C34H26N4O5S/c1-20-29(37-16-7-6-13-27(37)35-20)31(39)28-30(22-11-8-12-24(17-22)43-19-21-9-4-3-5-10-21)38(33(41)32(28)40)34-36-25-15-14-23(42-2)18-26(25)44-34/h3-18,30,39H,19H2,1-2H3. The highest BCUT2D eigenvalue weighted by atomic mass is 32.1. The number of aromatic nitrogens is 3. The summed E-state index contributed by atoms with van der Waals surface area (Å²) in [5.41, 5.74) is 3.65. The highest BCUT2D eigenvalue weighted by molar-refractivity contribution is 7.22. The van der Waals surface area contributed by atoms with Gasteiger partial charge in [-0.05, 0) is 60.5 Å². The molecule has 4 heterocycles. The number of aliphatic hydroxyl groups excluding tert-OH is 1. The summed E-state index contributed by atoms with van der Waals surface area (Å²) in [7, 11) is 1.58. The van der Waals surface area contributed by atoms with Crippen LogP contribution in [0, 0.1) is 6.92 Å². The fourth-order valence-corrected chi connectivity index (χ4v) is 6.53. The number of ether oxygens (including phenoxy) is 2. The number of benzene rings is 3. The van der Waals surface area contributed by atoms with Gasteiger partial charge in [-0.3, -0.25) is 18.9 Å². The number of thiazole rings is 1. The molecule has 0 bridgehead atoms. The van der Waals surface area contributed by atoms with Gasteiger partial charge in [0.2, 0.25) is 0 Å². The zero-order chi connectivity index (χ0) is 30.4. The molecule has 1 unspecified atom stereocenters. The molecular weight excluding hydrogens is 576 g/mol. The molecule has 1 atom stereocenters. The van der Waals surface area contributed by atoms with E-state index in [1.165, 1.54) is 16.2 Å². The van der Waals surface area contributed by atoms with Crippen molar-refractivity contribution in [1.82, 2.24) is 14.4 Å². The van der Waals surface area contributed by atoms with Gasteiger partial charge in [0.25, 0.3) is 5.78 Å². The van der Waals surface area contributed by atoms with E-state index < -0.39 is 17.7 Å². The lowest BCUT2D eigenvalue weighted by molar-refractivity contribution is -0.132. The molecule has 0 saturated carbocycles. The van der Waals surface area contributed by atoms with Crippen LogP contribution < -0.4 is 14.4 Å². The van der Waals surface area contributed by atoms with Gasteiger partial charge in [-0.15, -0.1) is 0 Å². The number of hydrogen-bond acceptors (Lipinski definition) is 8. The Bertz CT molecular complexity index is 2100. The third-order valence-electron chi connectivity index (χ3n) is 7.59. The molecule has 1 aliphatic heterocycles. The minimum atomic E-state index is -0.980. The SMILES string of the molecule is COc1ccc2nc(N3C(=O)C(=O)C(=C(O)c4c(C)nc5ccccn45)C3c3cccc(OCc4ccccc4)c3)sc2c1. The Labute approximate surface area is 256 Å². The fraction of sp³-hybridized carbons (Fsp3) is 0.118. The number of Topliss-reactive ketones (excluding diaryl/α,β-unsaturated/α-hetero) is 1. The molecule has 0 aliphatic carbocycles. The smallest absolute Gasteiger partial charge is 0.301 e. The van der Waals surface area contributed by atoms with Gasteiger partial charge in [-0.2, -0.15) is 0 Å². The van der Waals surface area contributed by atoms with Crippen LogP contribution in [0.3, 0.4) is 0 Å². The van der Waals surface area contributed by atoms with Crippen molar-refractivity contribution in [3.8, 4) is 11.5 Å². The second-order valence-electron chi connectivity index (χ2n) is 10.3. The first-order valence-corrected chi connectivity index (χ1v) is 14.7. The maximum absolute atomic E-state index is 13.9. The lowest BCUT2D eigenvalue weighted by Crippen LogP contribution is -2.29. The van der Waals surface area contributed by atoms with Crippen molar-refractivity contribution in [2.75, 3.05) is 12.0 Å². The molecule has 1 aliphatic rings. The van der Waals surface area contributed by atoms with E-state index in [4.69, 9.17) is 14.5 Å². The van der Waals surface area contributed by atoms with E-state index in [1.54, 1.807) is 48.9 Å². The van der Waals surface area contributed by atoms with Crippen LogP contribution in [0.2, 0.25) is 0 Å². The van der Waals surface area contributed by atoms with E-state index >= 15 is 0 Å². The van der Waals surface area contributed by atoms with Gasteiger partial charge >= 0.3 is 5.91 Å². The van der Waals surface area contributed by atoms with Crippen molar-refractivity contribution in [2.24, 2.45) is 0 Å². The van der Waals surface area contributed by atoms with Crippen LogP contribution >= 0.6 is 11.3 Å². The topological polar surface area (TPSA) is 106 Å². The Morgan fingerprint density at radius 2 is 1.75 bits per heavy atom. The maximum Gasteiger partial charge on any atom is 0.301 e. The molecule has 1 amide bonds. The molecule has 10 heteroatoms. The number of nitrogens with zero attached hydrogens (tertiary/aromatic N) is 4. The summed E-state index contributed by atoms with van der Waals surface area (Å²) < 4.78 is 14.0. The number of carbonyl (C=O) groups excluding carboxylic acids is 2. The van der Waals surface area contributed by atoms with Crippen LogP contribution in [0.25, 0.3) is 21.6 Å². The molecule has 9 nitrogen and oxygen atoms in total. The molecular formula is C34H26N4O5S.